The van der Waals surface area contributed by atoms with Gasteiger partial charge in [0.15, 0.2) is 0 Å². The number of anilines is 1. The van der Waals surface area contributed by atoms with Crippen molar-refractivity contribution < 1.29 is 14.3 Å². The topological polar surface area (TPSA) is 93.2 Å². The molecule has 0 spiro atoms. The number of esters is 1. The van der Waals surface area contributed by atoms with Crippen molar-refractivity contribution in [2.45, 2.75) is 20.8 Å². The lowest BCUT2D eigenvalue weighted by Gasteiger charge is -2.08. The van der Waals surface area contributed by atoms with Crippen LogP contribution in [-0.2, 0) is 9.53 Å². The predicted molar refractivity (Wildman–Crippen MR) is 82.7 cm³/mol. The van der Waals surface area contributed by atoms with Gasteiger partial charge in [-0.25, -0.2) is 14.8 Å². The standard InChI is InChI=1S/C15H18N4O3/c1-4-22-14(20)8-16-15(21)19-11-5-6-12-13(7-11)18-10(3)9(2)17-12/h5-7H,4,8H2,1-3H3,(H2,16,19,21). The van der Waals surface area contributed by atoms with E-state index in [4.69, 9.17) is 4.74 Å². The number of nitrogens with zero attached hydrogens (tertiary/aromatic N) is 2. The normalized spacial score (nSPS) is 10.3. The van der Waals surface area contributed by atoms with Crippen LogP contribution in [0.3, 0.4) is 0 Å². The lowest BCUT2D eigenvalue weighted by atomic mass is 10.2. The van der Waals surface area contributed by atoms with Crippen LogP contribution in [0.15, 0.2) is 18.2 Å². The third-order valence-electron chi connectivity index (χ3n) is 3.03. The third-order valence-corrected chi connectivity index (χ3v) is 3.03. The number of carbonyl (C=O) groups excluding carboxylic acids is 2. The summed E-state index contributed by atoms with van der Waals surface area (Å²) in [5.41, 5.74) is 3.76. The van der Waals surface area contributed by atoms with Gasteiger partial charge in [0.05, 0.1) is 29.0 Å². The smallest absolute Gasteiger partial charge is 0.325 e. The number of ether oxygens (including phenoxy) is 1. The van der Waals surface area contributed by atoms with Crippen molar-refractivity contribution in [1.29, 1.82) is 0 Å². The van der Waals surface area contributed by atoms with Gasteiger partial charge in [0, 0.05) is 5.69 Å². The molecule has 0 bridgehead atoms. The Bertz CT molecular complexity index is 715. The van der Waals surface area contributed by atoms with Crippen LogP contribution in [0.1, 0.15) is 18.3 Å². The average Bonchev–Trinajstić information content (AvgIpc) is 2.47. The number of benzene rings is 1. The number of nitrogens with one attached hydrogen (secondary N) is 2. The fourth-order valence-corrected chi connectivity index (χ4v) is 1.85. The number of hydrogen-bond acceptors (Lipinski definition) is 5. The van der Waals surface area contributed by atoms with Gasteiger partial charge in [-0.1, -0.05) is 0 Å². The molecule has 1 aromatic carbocycles. The Morgan fingerprint density at radius 3 is 2.50 bits per heavy atom. The number of amides is 2. The predicted octanol–water partition coefficient (Wildman–Crippen LogP) is 1.93. The highest BCUT2D eigenvalue weighted by Gasteiger charge is 2.07. The number of fused-ring (bicyclic) bond motifs is 1. The van der Waals surface area contributed by atoms with Crippen LogP contribution in [0.2, 0.25) is 0 Å². The van der Waals surface area contributed by atoms with Crippen molar-refractivity contribution in [2.75, 3.05) is 18.5 Å². The molecule has 7 heteroatoms. The van der Waals surface area contributed by atoms with Gasteiger partial charge in [-0.2, -0.15) is 0 Å². The fourth-order valence-electron chi connectivity index (χ4n) is 1.85. The molecule has 0 radical (unpaired) electrons. The minimum absolute atomic E-state index is 0.175. The van der Waals surface area contributed by atoms with Crippen molar-refractivity contribution in [3.05, 3.63) is 29.6 Å². The van der Waals surface area contributed by atoms with Gasteiger partial charge in [0.25, 0.3) is 0 Å². The Kier molecular flexibility index (Phi) is 4.88. The summed E-state index contributed by atoms with van der Waals surface area (Å²) in [6.45, 7) is 5.60. The number of urea groups is 1. The van der Waals surface area contributed by atoms with Gasteiger partial charge in [0.2, 0.25) is 0 Å². The van der Waals surface area contributed by atoms with E-state index in [2.05, 4.69) is 20.6 Å². The number of aromatic nitrogens is 2. The highest BCUT2D eigenvalue weighted by Crippen LogP contribution is 2.17. The van der Waals surface area contributed by atoms with E-state index in [1.165, 1.54) is 0 Å². The first-order valence-electron chi connectivity index (χ1n) is 6.95. The summed E-state index contributed by atoms with van der Waals surface area (Å²) in [5.74, 6) is -0.479. The average molecular weight is 302 g/mol. The summed E-state index contributed by atoms with van der Waals surface area (Å²) < 4.78 is 4.72. The molecule has 0 saturated heterocycles. The largest absolute Gasteiger partial charge is 0.465 e. The maximum Gasteiger partial charge on any atom is 0.325 e. The second kappa shape index (κ2) is 6.84. The summed E-state index contributed by atoms with van der Waals surface area (Å²) in [6.07, 6.45) is 0. The maximum absolute atomic E-state index is 11.7. The highest BCUT2D eigenvalue weighted by atomic mass is 16.5. The van der Waals surface area contributed by atoms with E-state index in [0.29, 0.717) is 11.2 Å². The molecule has 7 nitrogen and oxygen atoms in total. The van der Waals surface area contributed by atoms with Crippen LogP contribution >= 0.6 is 0 Å². The summed E-state index contributed by atoms with van der Waals surface area (Å²) in [7, 11) is 0. The van der Waals surface area contributed by atoms with Gasteiger partial charge >= 0.3 is 12.0 Å². The second-order valence-corrected chi connectivity index (χ2v) is 4.71. The molecule has 2 amide bonds. The van der Waals surface area contributed by atoms with Crippen LogP contribution in [0.5, 0.6) is 0 Å². The molecular weight excluding hydrogens is 284 g/mol. The zero-order chi connectivity index (χ0) is 16.1. The molecule has 22 heavy (non-hydrogen) atoms. The molecule has 0 unspecified atom stereocenters. The molecule has 1 heterocycles. The Morgan fingerprint density at radius 1 is 1.14 bits per heavy atom. The minimum atomic E-state index is -0.482. The number of hydrogen-bond donors (Lipinski definition) is 2. The fraction of sp³-hybridized carbons (Fsp3) is 0.333. The molecule has 116 valence electrons. The van der Waals surface area contributed by atoms with E-state index in [-0.39, 0.29) is 13.2 Å². The van der Waals surface area contributed by atoms with Crippen LogP contribution in [-0.4, -0.2) is 35.1 Å². The van der Waals surface area contributed by atoms with E-state index in [1.807, 2.05) is 13.8 Å². The first-order valence-corrected chi connectivity index (χ1v) is 6.95. The van der Waals surface area contributed by atoms with Gasteiger partial charge in [-0.15, -0.1) is 0 Å². The Balaban J connectivity index is 2.03. The summed E-state index contributed by atoms with van der Waals surface area (Å²) in [6, 6.07) is 4.77. The lowest BCUT2D eigenvalue weighted by Crippen LogP contribution is -2.34. The number of aryl methyl sites for hydroxylation is 2. The summed E-state index contributed by atoms with van der Waals surface area (Å²) >= 11 is 0. The van der Waals surface area contributed by atoms with E-state index >= 15 is 0 Å². The van der Waals surface area contributed by atoms with E-state index < -0.39 is 12.0 Å². The zero-order valence-corrected chi connectivity index (χ0v) is 12.8. The van der Waals surface area contributed by atoms with Gasteiger partial charge in [-0.3, -0.25) is 4.79 Å². The van der Waals surface area contributed by atoms with Crippen molar-refractivity contribution in [3.63, 3.8) is 0 Å². The molecule has 0 atom stereocenters. The Labute approximate surface area is 128 Å². The molecule has 0 fully saturated rings. The highest BCUT2D eigenvalue weighted by molar-refractivity contribution is 5.93. The first-order chi connectivity index (χ1) is 10.5. The van der Waals surface area contributed by atoms with E-state index in [1.54, 1.807) is 25.1 Å². The number of rotatable bonds is 4. The third kappa shape index (κ3) is 3.91. The molecular formula is C15H18N4O3. The quantitative estimate of drug-likeness (QED) is 0.842. The molecule has 2 rings (SSSR count). The Morgan fingerprint density at radius 2 is 1.82 bits per heavy atom. The lowest BCUT2D eigenvalue weighted by molar-refractivity contribution is -0.141. The monoisotopic (exact) mass is 302 g/mol. The van der Waals surface area contributed by atoms with Gasteiger partial charge in [-0.05, 0) is 39.0 Å². The molecule has 0 aliphatic rings. The summed E-state index contributed by atoms with van der Waals surface area (Å²) in [5, 5.41) is 5.06. The van der Waals surface area contributed by atoms with E-state index in [0.717, 1.165) is 16.9 Å². The van der Waals surface area contributed by atoms with Crippen molar-refractivity contribution >= 4 is 28.7 Å². The first kappa shape index (κ1) is 15.7. The van der Waals surface area contributed by atoms with Crippen LogP contribution in [0.4, 0.5) is 10.5 Å². The van der Waals surface area contributed by atoms with Crippen LogP contribution < -0.4 is 10.6 Å². The van der Waals surface area contributed by atoms with Crippen molar-refractivity contribution in [2.24, 2.45) is 0 Å². The second-order valence-electron chi connectivity index (χ2n) is 4.71. The minimum Gasteiger partial charge on any atom is -0.465 e. The van der Waals surface area contributed by atoms with Gasteiger partial charge < -0.3 is 15.4 Å². The SMILES string of the molecule is CCOC(=O)CNC(=O)Nc1ccc2nc(C)c(C)nc2c1. The Hall–Kier alpha value is -2.70. The van der Waals surface area contributed by atoms with Crippen molar-refractivity contribution in [3.8, 4) is 0 Å². The van der Waals surface area contributed by atoms with Crippen LogP contribution in [0, 0.1) is 13.8 Å². The van der Waals surface area contributed by atoms with Crippen molar-refractivity contribution in [1.82, 2.24) is 15.3 Å². The molecule has 2 N–H and O–H groups in total. The van der Waals surface area contributed by atoms with Gasteiger partial charge in [0.1, 0.15) is 6.54 Å². The van der Waals surface area contributed by atoms with Crippen LogP contribution in [0.25, 0.3) is 11.0 Å². The molecule has 2 aromatic rings. The maximum atomic E-state index is 11.7. The number of carbonyl (C=O) groups is 2. The molecule has 0 aliphatic carbocycles. The molecule has 1 aromatic heterocycles. The zero-order valence-electron chi connectivity index (χ0n) is 12.8. The van der Waals surface area contributed by atoms with E-state index in [9.17, 15) is 9.59 Å². The summed E-state index contributed by atoms with van der Waals surface area (Å²) in [4.78, 5) is 31.7. The molecule has 0 aliphatic heterocycles. The molecule has 0 saturated carbocycles.